The standard InChI is InChI=1S/C11H14N2O4/c1-16-9(14)6-4-3-5-8-7-12-11(15)13-10(8)17-2/h3,5,7H,4,6H2,1-2H3,(H,12,13,15)/b5-3+. The molecule has 0 saturated carbocycles. The molecule has 0 fully saturated rings. The molecule has 0 unspecified atom stereocenters. The van der Waals surface area contributed by atoms with Crippen LogP contribution < -0.4 is 10.4 Å². The van der Waals surface area contributed by atoms with Crippen LogP contribution in [-0.4, -0.2) is 30.2 Å². The van der Waals surface area contributed by atoms with Gasteiger partial charge in [-0.05, 0) is 6.42 Å². The highest BCUT2D eigenvalue weighted by molar-refractivity contribution is 5.69. The number of esters is 1. The Kier molecular flexibility index (Phi) is 4.93. The van der Waals surface area contributed by atoms with Gasteiger partial charge in [-0.25, -0.2) is 9.78 Å². The van der Waals surface area contributed by atoms with Crippen LogP contribution in [0.5, 0.6) is 5.88 Å². The van der Waals surface area contributed by atoms with Crippen molar-refractivity contribution in [1.29, 1.82) is 0 Å². The predicted molar refractivity (Wildman–Crippen MR) is 61.7 cm³/mol. The van der Waals surface area contributed by atoms with Crippen molar-refractivity contribution < 1.29 is 14.3 Å². The summed E-state index contributed by atoms with van der Waals surface area (Å²) in [6.07, 6.45) is 5.78. The molecule has 0 saturated heterocycles. The highest BCUT2D eigenvalue weighted by Crippen LogP contribution is 2.13. The van der Waals surface area contributed by atoms with E-state index in [4.69, 9.17) is 4.74 Å². The van der Waals surface area contributed by atoms with Crippen LogP contribution in [0.4, 0.5) is 0 Å². The minimum Gasteiger partial charge on any atom is -0.482 e. The number of nitrogens with zero attached hydrogens (tertiary/aromatic N) is 1. The highest BCUT2D eigenvalue weighted by atomic mass is 16.5. The summed E-state index contributed by atoms with van der Waals surface area (Å²) >= 11 is 0. The van der Waals surface area contributed by atoms with Gasteiger partial charge in [0.25, 0.3) is 0 Å². The van der Waals surface area contributed by atoms with Gasteiger partial charge >= 0.3 is 11.7 Å². The molecule has 0 aliphatic rings. The number of carbonyl (C=O) groups excluding carboxylic acids is 1. The number of rotatable bonds is 5. The summed E-state index contributed by atoms with van der Waals surface area (Å²) < 4.78 is 9.49. The summed E-state index contributed by atoms with van der Waals surface area (Å²) in [5, 5.41) is 0. The van der Waals surface area contributed by atoms with Crippen molar-refractivity contribution in [2.75, 3.05) is 14.2 Å². The van der Waals surface area contributed by atoms with Crippen molar-refractivity contribution in [3.8, 4) is 5.88 Å². The van der Waals surface area contributed by atoms with Gasteiger partial charge in [0, 0.05) is 12.6 Å². The SMILES string of the molecule is COC(=O)CC/C=C/c1cnc(=O)[nH]c1OC. The molecule has 6 nitrogen and oxygen atoms in total. The first kappa shape index (κ1) is 13.0. The van der Waals surface area contributed by atoms with E-state index in [0.29, 0.717) is 24.3 Å². The third kappa shape index (κ3) is 4.10. The van der Waals surface area contributed by atoms with Gasteiger partial charge in [-0.15, -0.1) is 0 Å². The van der Waals surface area contributed by atoms with Crippen LogP contribution in [0.1, 0.15) is 18.4 Å². The number of ether oxygens (including phenoxy) is 2. The second-order valence-electron chi connectivity index (χ2n) is 3.19. The molecular formula is C11H14N2O4. The Balaban J connectivity index is 2.65. The number of carbonyl (C=O) groups is 1. The molecule has 0 aliphatic heterocycles. The van der Waals surface area contributed by atoms with Crippen molar-refractivity contribution in [1.82, 2.24) is 9.97 Å². The molecule has 0 aromatic carbocycles. The molecule has 1 heterocycles. The van der Waals surface area contributed by atoms with E-state index >= 15 is 0 Å². The molecule has 0 atom stereocenters. The number of hydrogen-bond acceptors (Lipinski definition) is 5. The first-order valence-electron chi connectivity index (χ1n) is 5.04. The number of methoxy groups -OCH3 is 2. The Labute approximate surface area is 98.3 Å². The van der Waals surface area contributed by atoms with E-state index < -0.39 is 5.69 Å². The Hall–Kier alpha value is -2.11. The molecule has 1 aromatic rings. The zero-order valence-corrected chi connectivity index (χ0v) is 9.73. The summed E-state index contributed by atoms with van der Waals surface area (Å²) in [5.41, 5.74) is 0.186. The molecule has 0 spiro atoms. The van der Waals surface area contributed by atoms with Gasteiger partial charge < -0.3 is 9.47 Å². The van der Waals surface area contributed by atoms with E-state index in [9.17, 15) is 9.59 Å². The summed E-state index contributed by atoms with van der Waals surface area (Å²) in [6, 6.07) is 0. The first-order chi connectivity index (χ1) is 8.17. The molecule has 0 bridgehead atoms. The van der Waals surface area contributed by atoms with Crippen molar-refractivity contribution in [3.05, 3.63) is 28.3 Å². The van der Waals surface area contributed by atoms with Gasteiger partial charge in [0.15, 0.2) is 0 Å². The lowest BCUT2D eigenvalue weighted by Crippen LogP contribution is -2.11. The smallest absolute Gasteiger partial charge is 0.347 e. The maximum Gasteiger partial charge on any atom is 0.347 e. The normalized spacial score (nSPS) is 10.5. The number of H-pyrrole nitrogens is 1. The van der Waals surface area contributed by atoms with Gasteiger partial charge in [0.05, 0.1) is 19.8 Å². The fourth-order valence-corrected chi connectivity index (χ4v) is 1.19. The third-order valence-corrected chi connectivity index (χ3v) is 2.05. The lowest BCUT2D eigenvalue weighted by molar-refractivity contribution is -0.140. The van der Waals surface area contributed by atoms with Crippen LogP contribution in [0.15, 0.2) is 17.1 Å². The van der Waals surface area contributed by atoms with Gasteiger partial charge in [0.1, 0.15) is 0 Å². The molecule has 0 aliphatic carbocycles. The van der Waals surface area contributed by atoms with E-state index in [1.807, 2.05) is 0 Å². The number of allylic oxidation sites excluding steroid dienone is 1. The summed E-state index contributed by atoms with van der Waals surface area (Å²) in [6.45, 7) is 0. The molecule has 92 valence electrons. The minimum absolute atomic E-state index is 0.263. The van der Waals surface area contributed by atoms with Crippen molar-refractivity contribution in [2.45, 2.75) is 12.8 Å². The lowest BCUT2D eigenvalue weighted by Gasteiger charge is -2.02. The lowest BCUT2D eigenvalue weighted by atomic mass is 10.2. The molecular weight excluding hydrogens is 224 g/mol. The molecule has 17 heavy (non-hydrogen) atoms. The molecule has 1 aromatic heterocycles. The van der Waals surface area contributed by atoms with Crippen LogP contribution in [0.25, 0.3) is 6.08 Å². The second-order valence-corrected chi connectivity index (χ2v) is 3.19. The van der Waals surface area contributed by atoms with Crippen LogP contribution in [0.2, 0.25) is 0 Å². The van der Waals surface area contributed by atoms with Crippen molar-refractivity contribution in [2.24, 2.45) is 0 Å². The zero-order valence-electron chi connectivity index (χ0n) is 9.73. The van der Waals surface area contributed by atoms with Crippen LogP contribution in [0, 0.1) is 0 Å². The molecule has 1 N–H and O–H groups in total. The molecule has 0 amide bonds. The second kappa shape index (κ2) is 6.47. The third-order valence-electron chi connectivity index (χ3n) is 2.05. The fraction of sp³-hybridized carbons (Fsp3) is 0.364. The molecule has 6 heteroatoms. The van der Waals surface area contributed by atoms with Crippen LogP contribution >= 0.6 is 0 Å². The van der Waals surface area contributed by atoms with Gasteiger partial charge in [-0.1, -0.05) is 12.2 Å². The number of aromatic amines is 1. The largest absolute Gasteiger partial charge is 0.482 e. The average molecular weight is 238 g/mol. The quantitative estimate of drug-likeness (QED) is 0.765. The summed E-state index contributed by atoms with van der Waals surface area (Å²) in [7, 11) is 2.80. The number of aromatic nitrogens is 2. The summed E-state index contributed by atoms with van der Waals surface area (Å²) in [4.78, 5) is 27.8. The zero-order chi connectivity index (χ0) is 12.7. The highest BCUT2D eigenvalue weighted by Gasteiger charge is 2.01. The van der Waals surface area contributed by atoms with Crippen molar-refractivity contribution >= 4 is 12.0 Å². The van der Waals surface area contributed by atoms with Crippen molar-refractivity contribution in [3.63, 3.8) is 0 Å². The van der Waals surface area contributed by atoms with E-state index in [-0.39, 0.29) is 5.97 Å². The van der Waals surface area contributed by atoms with Crippen LogP contribution in [-0.2, 0) is 9.53 Å². The molecule has 1 rings (SSSR count). The van der Waals surface area contributed by atoms with Crippen LogP contribution in [0.3, 0.4) is 0 Å². The monoisotopic (exact) mass is 238 g/mol. The van der Waals surface area contributed by atoms with E-state index in [1.54, 1.807) is 12.2 Å². The maximum absolute atomic E-state index is 10.9. The number of nitrogens with one attached hydrogen (secondary N) is 1. The Bertz CT molecular complexity index is 465. The predicted octanol–water partition coefficient (Wildman–Crippen LogP) is 0.745. The Morgan fingerprint density at radius 1 is 1.53 bits per heavy atom. The fourth-order valence-electron chi connectivity index (χ4n) is 1.19. The van der Waals surface area contributed by atoms with Gasteiger partial charge in [0.2, 0.25) is 5.88 Å². The topological polar surface area (TPSA) is 81.3 Å². The Morgan fingerprint density at radius 3 is 2.94 bits per heavy atom. The first-order valence-corrected chi connectivity index (χ1v) is 5.04. The van der Waals surface area contributed by atoms with Gasteiger partial charge in [-0.2, -0.15) is 0 Å². The molecule has 0 radical (unpaired) electrons. The number of hydrogen-bond donors (Lipinski definition) is 1. The average Bonchev–Trinajstić information content (AvgIpc) is 2.35. The minimum atomic E-state index is -0.464. The van der Waals surface area contributed by atoms with E-state index in [0.717, 1.165) is 0 Å². The Morgan fingerprint density at radius 2 is 2.29 bits per heavy atom. The van der Waals surface area contributed by atoms with Gasteiger partial charge in [-0.3, -0.25) is 9.78 Å². The van der Waals surface area contributed by atoms with E-state index in [1.165, 1.54) is 20.4 Å². The maximum atomic E-state index is 10.9. The van der Waals surface area contributed by atoms with E-state index in [2.05, 4.69) is 14.7 Å². The summed E-state index contributed by atoms with van der Waals surface area (Å²) in [5.74, 6) is 0.0838.